The van der Waals surface area contributed by atoms with Gasteiger partial charge in [0.1, 0.15) is 11.6 Å². The Kier molecular flexibility index (Phi) is 7.48. The summed E-state index contributed by atoms with van der Waals surface area (Å²) in [4.78, 5) is 14.4. The van der Waals surface area contributed by atoms with Crippen molar-refractivity contribution < 1.29 is 22.3 Å². The molecule has 5 nitrogen and oxygen atoms in total. The minimum Gasteiger partial charge on any atom is -0.494 e. The minimum absolute atomic E-state index is 0.0986. The third kappa shape index (κ3) is 5.39. The maximum Gasteiger partial charge on any atom is 0.253 e. The predicted molar refractivity (Wildman–Crippen MR) is 115 cm³/mol. The number of ether oxygens (including phenoxy) is 1. The van der Waals surface area contributed by atoms with Crippen molar-refractivity contribution in [1.82, 2.24) is 4.90 Å². The van der Waals surface area contributed by atoms with Gasteiger partial charge in [-0.05, 0) is 43.2 Å². The Morgan fingerprint density at radius 3 is 2.53 bits per heavy atom. The zero-order chi connectivity index (χ0) is 21.6. The molecule has 1 fully saturated rings. The third-order valence-corrected chi connectivity index (χ3v) is 7.51. The van der Waals surface area contributed by atoms with Gasteiger partial charge in [-0.2, -0.15) is 0 Å². The molecule has 2 aromatic carbocycles. The molecule has 0 aliphatic carbocycles. The third-order valence-electron chi connectivity index (χ3n) is 5.40. The molecule has 0 bridgehead atoms. The van der Waals surface area contributed by atoms with E-state index in [4.69, 9.17) is 4.74 Å². The van der Waals surface area contributed by atoms with Crippen molar-refractivity contribution in [2.24, 2.45) is 0 Å². The van der Waals surface area contributed by atoms with Gasteiger partial charge in [0.05, 0.1) is 17.6 Å². The van der Waals surface area contributed by atoms with Gasteiger partial charge in [-0.15, -0.1) is 0 Å². The van der Waals surface area contributed by atoms with Crippen LogP contribution in [0.3, 0.4) is 0 Å². The largest absolute Gasteiger partial charge is 0.494 e. The molecule has 1 amide bonds. The number of carbonyl (C=O) groups excluding carboxylic acids is 1. The number of hydrogen-bond acceptors (Lipinski definition) is 4. The van der Waals surface area contributed by atoms with Gasteiger partial charge in [-0.3, -0.25) is 4.79 Å². The zero-order valence-electron chi connectivity index (χ0n) is 17.2. The van der Waals surface area contributed by atoms with Crippen LogP contribution >= 0.6 is 0 Å². The summed E-state index contributed by atoms with van der Waals surface area (Å²) in [5, 5.41) is -0.935. The molecule has 1 unspecified atom stereocenters. The fourth-order valence-corrected chi connectivity index (χ4v) is 5.45. The molecule has 162 valence electrons. The first-order valence-corrected chi connectivity index (χ1v) is 12.1. The normalized spacial score (nSPS) is 18.6. The lowest BCUT2D eigenvalue weighted by Crippen LogP contribution is -2.33. The molecule has 1 atom stereocenters. The summed E-state index contributed by atoms with van der Waals surface area (Å²) < 4.78 is 45.3. The predicted octanol–water partition coefficient (Wildman–Crippen LogP) is 4.40. The standard InChI is InChI=1S/C23H28FNO4S/c1-2-3-6-16-29-19-11-9-18(10-12-19)23(26)25-14-13-22(30(27,28)17-15-25)20-7-4-5-8-21(20)24/h4-5,7-12,22H,2-3,6,13-17H2,1H3. The molecule has 0 spiro atoms. The number of halogens is 1. The van der Waals surface area contributed by atoms with Crippen LogP contribution in [-0.4, -0.2) is 44.7 Å². The SMILES string of the molecule is CCCCCOc1ccc(C(=O)N2CCC(c3ccccc3F)S(=O)(=O)CC2)cc1. The molecule has 0 aromatic heterocycles. The van der Waals surface area contributed by atoms with Crippen molar-refractivity contribution >= 4 is 15.7 Å². The van der Waals surface area contributed by atoms with Crippen LogP contribution in [0, 0.1) is 5.82 Å². The van der Waals surface area contributed by atoms with Crippen molar-refractivity contribution in [3.63, 3.8) is 0 Å². The van der Waals surface area contributed by atoms with Crippen molar-refractivity contribution in [1.29, 1.82) is 0 Å². The van der Waals surface area contributed by atoms with Crippen molar-refractivity contribution in [3.05, 3.63) is 65.5 Å². The molecule has 1 saturated heterocycles. The fraction of sp³-hybridized carbons (Fsp3) is 0.435. The van der Waals surface area contributed by atoms with E-state index in [-0.39, 0.29) is 36.7 Å². The van der Waals surface area contributed by atoms with Gasteiger partial charge in [0, 0.05) is 24.2 Å². The summed E-state index contributed by atoms with van der Waals surface area (Å²) in [7, 11) is -3.56. The first kappa shape index (κ1) is 22.3. The second-order valence-corrected chi connectivity index (χ2v) is 9.84. The Morgan fingerprint density at radius 2 is 1.83 bits per heavy atom. The molecule has 7 heteroatoms. The monoisotopic (exact) mass is 433 g/mol. The van der Waals surface area contributed by atoms with Gasteiger partial charge in [0.2, 0.25) is 0 Å². The van der Waals surface area contributed by atoms with Gasteiger partial charge in [0.25, 0.3) is 5.91 Å². The van der Waals surface area contributed by atoms with Crippen LogP contribution in [0.2, 0.25) is 0 Å². The first-order chi connectivity index (χ1) is 14.4. The van der Waals surface area contributed by atoms with E-state index >= 15 is 0 Å². The van der Waals surface area contributed by atoms with Crippen molar-refractivity contribution in [2.75, 3.05) is 25.4 Å². The zero-order valence-corrected chi connectivity index (χ0v) is 18.0. The van der Waals surface area contributed by atoms with E-state index < -0.39 is 20.9 Å². The highest BCUT2D eigenvalue weighted by Gasteiger charge is 2.34. The van der Waals surface area contributed by atoms with Crippen LogP contribution < -0.4 is 4.74 Å². The highest BCUT2D eigenvalue weighted by molar-refractivity contribution is 7.91. The molecule has 1 aliphatic rings. The maximum atomic E-state index is 14.2. The van der Waals surface area contributed by atoms with E-state index in [1.54, 1.807) is 30.3 Å². The number of sulfone groups is 1. The number of amides is 1. The van der Waals surface area contributed by atoms with E-state index in [0.717, 1.165) is 19.3 Å². The van der Waals surface area contributed by atoms with Crippen LogP contribution in [0.4, 0.5) is 4.39 Å². The summed E-state index contributed by atoms with van der Waals surface area (Å²) in [5.74, 6) is -0.228. The Bertz CT molecular complexity index is 959. The second-order valence-electron chi connectivity index (χ2n) is 7.54. The van der Waals surface area contributed by atoms with Gasteiger partial charge < -0.3 is 9.64 Å². The summed E-state index contributed by atoms with van der Waals surface area (Å²) in [6.45, 7) is 3.13. The molecule has 30 heavy (non-hydrogen) atoms. The molecule has 0 radical (unpaired) electrons. The Hall–Kier alpha value is -2.41. The molecule has 0 N–H and O–H groups in total. The van der Waals surface area contributed by atoms with Gasteiger partial charge in [0.15, 0.2) is 9.84 Å². The van der Waals surface area contributed by atoms with Gasteiger partial charge >= 0.3 is 0 Å². The average Bonchev–Trinajstić information content (AvgIpc) is 2.90. The first-order valence-electron chi connectivity index (χ1n) is 10.4. The van der Waals surface area contributed by atoms with Crippen LogP contribution in [0.15, 0.2) is 48.5 Å². The summed E-state index contributed by atoms with van der Waals surface area (Å²) in [6.07, 6.45) is 3.40. The fourth-order valence-electron chi connectivity index (χ4n) is 3.65. The highest BCUT2D eigenvalue weighted by atomic mass is 32.2. The highest BCUT2D eigenvalue weighted by Crippen LogP contribution is 2.31. The van der Waals surface area contributed by atoms with E-state index in [2.05, 4.69) is 6.92 Å². The molecule has 0 saturated carbocycles. The number of hydrogen-bond donors (Lipinski definition) is 0. The van der Waals surface area contributed by atoms with E-state index in [0.29, 0.717) is 17.9 Å². The van der Waals surface area contributed by atoms with Crippen LogP contribution in [-0.2, 0) is 9.84 Å². The lowest BCUT2D eigenvalue weighted by atomic mass is 10.1. The second kappa shape index (κ2) is 10.1. The number of rotatable bonds is 7. The number of benzene rings is 2. The molecule has 1 aliphatic heterocycles. The molecule has 1 heterocycles. The minimum atomic E-state index is -3.56. The number of nitrogens with zero attached hydrogens (tertiary/aromatic N) is 1. The van der Waals surface area contributed by atoms with Gasteiger partial charge in [-0.1, -0.05) is 38.0 Å². The van der Waals surface area contributed by atoms with Crippen LogP contribution in [0.5, 0.6) is 5.75 Å². The summed E-state index contributed by atoms with van der Waals surface area (Å²) in [5.41, 5.74) is 0.661. The maximum absolute atomic E-state index is 14.2. The topological polar surface area (TPSA) is 63.7 Å². The Labute approximate surface area is 177 Å². The number of carbonyl (C=O) groups is 1. The lowest BCUT2D eigenvalue weighted by molar-refractivity contribution is 0.0766. The van der Waals surface area contributed by atoms with E-state index in [1.807, 2.05) is 0 Å². The summed E-state index contributed by atoms with van der Waals surface area (Å²) in [6, 6.07) is 12.9. The molecule has 3 rings (SSSR count). The lowest BCUT2D eigenvalue weighted by Gasteiger charge is -2.20. The molecular formula is C23H28FNO4S. The van der Waals surface area contributed by atoms with Gasteiger partial charge in [-0.25, -0.2) is 12.8 Å². The Morgan fingerprint density at radius 1 is 1.10 bits per heavy atom. The van der Waals surface area contributed by atoms with Crippen molar-refractivity contribution in [2.45, 2.75) is 37.9 Å². The van der Waals surface area contributed by atoms with E-state index in [9.17, 15) is 17.6 Å². The quantitative estimate of drug-likeness (QED) is 0.608. The van der Waals surface area contributed by atoms with Crippen molar-refractivity contribution in [3.8, 4) is 5.75 Å². The molecular weight excluding hydrogens is 405 g/mol. The Balaban J connectivity index is 1.67. The van der Waals surface area contributed by atoms with Crippen LogP contribution in [0.1, 0.15) is 53.8 Å². The average molecular weight is 434 g/mol. The van der Waals surface area contributed by atoms with E-state index in [1.165, 1.54) is 23.1 Å². The van der Waals surface area contributed by atoms with Crippen LogP contribution in [0.25, 0.3) is 0 Å². The molecule has 2 aromatic rings. The number of unbranched alkanes of at least 4 members (excludes halogenated alkanes) is 2. The smallest absolute Gasteiger partial charge is 0.253 e. The summed E-state index contributed by atoms with van der Waals surface area (Å²) >= 11 is 0.